The first-order valence-electron chi connectivity index (χ1n) is 7.31. The zero-order valence-corrected chi connectivity index (χ0v) is 13.9. The third kappa shape index (κ3) is 3.76. The summed E-state index contributed by atoms with van der Waals surface area (Å²) in [6.45, 7) is 4.81. The minimum Gasteiger partial charge on any atom is -0.352 e. The number of thioether (sulfide) groups is 1. The van der Waals surface area contributed by atoms with Crippen LogP contribution in [0.5, 0.6) is 0 Å². The molecule has 1 aliphatic rings. The average molecular weight is 334 g/mol. The lowest BCUT2D eigenvalue weighted by Crippen LogP contribution is -2.49. The highest BCUT2D eigenvalue weighted by Gasteiger charge is 2.22. The molecular weight excluding hydrogens is 316 g/mol. The summed E-state index contributed by atoms with van der Waals surface area (Å²) in [5.41, 5.74) is 0.901. The molecule has 1 fully saturated rings. The fraction of sp³-hybridized carbons (Fsp3) is 0.538. The molecule has 23 heavy (non-hydrogen) atoms. The molecule has 10 heteroatoms. The second kappa shape index (κ2) is 6.90. The molecule has 2 aromatic rings. The lowest BCUT2D eigenvalue weighted by Gasteiger charge is -2.35. The maximum atomic E-state index is 12.3. The Morgan fingerprint density at radius 1 is 1.17 bits per heavy atom. The van der Waals surface area contributed by atoms with Gasteiger partial charge in [0.1, 0.15) is 0 Å². The van der Waals surface area contributed by atoms with Gasteiger partial charge in [-0.2, -0.15) is 5.10 Å². The van der Waals surface area contributed by atoms with Crippen LogP contribution >= 0.6 is 11.8 Å². The van der Waals surface area contributed by atoms with Gasteiger partial charge < -0.3 is 9.80 Å². The monoisotopic (exact) mass is 334 g/mol. The Balaban J connectivity index is 1.49. The Morgan fingerprint density at radius 3 is 2.57 bits per heavy atom. The zero-order valence-electron chi connectivity index (χ0n) is 13.1. The normalized spacial score (nSPS) is 15.0. The second-order valence-corrected chi connectivity index (χ2v) is 6.22. The summed E-state index contributed by atoms with van der Waals surface area (Å²) in [5.74, 6) is 1.31. The maximum Gasteiger partial charge on any atom is 0.233 e. The number of hydrogen-bond acceptors (Lipinski definition) is 8. The molecular formula is C13H18N8OS. The molecule has 0 spiro atoms. The Morgan fingerprint density at radius 2 is 1.96 bits per heavy atom. The summed E-state index contributed by atoms with van der Waals surface area (Å²) in [5, 5.41) is 20.1. The number of nitrogens with zero attached hydrogens (tertiary/aromatic N) is 8. The first-order valence-corrected chi connectivity index (χ1v) is 8.30. The van der Waals surface area contributed by atoms with Gasteiger partial charge in [0, 0.05) is 33.2 Å². The molecule has 0 saturated carbocycles. The molecule has 1 aliphatic heterocycles. The van der Waals surface area contributed by atoms with E-state index < -0.39 is 0 Å². The van der Waals surface area contributed by atoms with Crippen LogP contribution < -0.4 is 4.90 Å². The number of piperazine rings is 1. The van der Waals surface area contributed by atoms with Gasteiger partial charge in [-0.05, 0) is 29.5 Å². The zero-order chi connectivity index (χ0) is 16.2. The van der Waals surface area contributed by atoms with Crippen LogP contribution in [-0.4, -0.2) is 73.1 Å². The first-order chi connectivity index (χ1) is 11.1. The van der Waals surface area contributed by atoms with Crippen molar-refractivity contribution in [2.75, 3.05) is 36.8 Å². The summed E-state index contributed by atoms with van der Waals surface area (Å²) >= 11 is 1.35. The predicted octanol–water partition coefficient (Wildman–Crippen LogP) is -0.251. The molecule has 9 nitrogen and oxygen atoms in total. The van der Waals surface area contributed by atoms with E-state index in [4.69, 9.17) is 0 Å². The number of anilines is 1. The van der Waals surface area contributed by atoms with Crippen molar-refractivity contribution in [1.82, 2.24) is 35.3 Å². The summed E-state index contributed by atoms with van der Waals surface area (Å²) < 4.78 is 1.56. The van der Waals surface area contributed by atoms with Gasteiger partial charge in [-0.25, -0.2) is 4.68 Å². The maximum absolute atomic E-state index is 12.3. The Bertz CT molecular complexity index is 665. The summed E-state index contributed by atoms with van der Waals surface area (Å²) in [6.07, 6.45) is 0. The molecule has 1 saturated heterocycles. The third-order valence-corrected chi connectivity index (χ3v) is 4.64. The largest absolute Gasteiger partial charge is 0.352 e. The molecule has 0 radical (unpaired) electrons. The number of hydrogen-bond donors (Lipinski definition) is 0. The van der Waals surface area contributed by atoms with E-state index in [0.29, 0.717) is 24.0 Å². The quantitative estimate of drug-likeness (QED) is 0.707. The Hall–Kier alpha value is -2.23. The SMILES string of the molecule is Cc1ccc(N2CCN(C(=O)CSc3nnnn3C)CC2)nn1. The van der Waals surface area contributed by atoms with Crippen LogP contribution in [0.1, 0.15) is 5.69 Å². The molecule has 0 N–H and O–H groups in total. The average Bonchev–Trinajstić information content (AvgIpc) is 2.99. The van der Waals surface area contributed by atoms with Crippen molar-refractivity contribution < 1.29 is 4.79 Å². The standard InChI is InChI=1S/C13H18N8OS/c1-10-3-4-11(15-14-10)20-5-7-21(8-6-20)12(22)9-23-13-16-17-18-19(13)2/h3-4H,5-9H2,1-2H3. The highest BCUT2D eigenvalue weighted by Crippen LogP contribution is 2.16. The van der Waals surface area contributed by atoms with Gasteiger partial charge in [-0.1, -0.05) is 11.8 Å². The van der Waals surface area contributed by atoms with Gasteiger partial charge >= 0.3 is 0 Å². The van der Waals surface area contributed by atoms with Crippen molar-refractivity contribution in [2.45, 2.75) is 12.1 Å². The van der Waals surface area contributed by atoms with E-state index in [1.165, 1.54) is 11.8 Å². The van der Waals surface area contributed by atoms with E-state index in [1.54, 1.807) is 11.7 Å². The highest BCUT2D eigenvalue weighted by molar-refractivity contribution is 7.99. The van der Waals surface area contributed by atoms with Gasteiger partial charge in [0.15, 0.2) is 5.82 Å². The van der Waals surface area contributed by atoms with Crippen molar-refractivity contribution in [3.8, 4) is 0 Å². The van der Waals surface area contributed by atoms with Gasteiger partial charge in [-0.15, -0.1) is 10.2 Å². The van der Waals surface area contributed by atoms with Crippen molar-refractivity contribution in [3.05, 3.63) is 17.8 Å². The molecule has 0 aliphatic carbocycles. The molecule has 0 unspecified atom stereocenters. The van der Waals surface area contributed by atoms with Crippen LogP contribution in [0.2, 0.25) is 0 Å². The second-order valence-electron chi connectivity index (χ2n) is 5.27. The fourth-order valence-corrected chi connectivity index (χ4v) is 3.06. The fourth-order valence-electron chi connectivity index (χ4n) is 2.31. The topological polar surface area (TPSA) is 92.9 Å². The van der Waals surface area contributed by atoms with Gasteiger partial charge in [0.2, 0.25) is 11.1 Å². The van der Waals surface area contributed by atoms with E-state index in [0.717, 1.165) is 24.6 Å². The minimum absolute atomic E-state index is 0.104. The van der Waals surface area contributed by atoms with Gasteiger partial charge in [0.25, 0.3) is 0 Å². The number of carbonyl (C=O) groups is 1. The first kappa shape index (κ1) is 15.7. The lowest BCUT2D eigenvalue weighted by molar-refractivity contribution is -0.128. The minimum atomic E-state index is 0.104. The molecule has 1 amide bonds. The van der Waals surface area contributed by atoms with Gasteiger partial charge in [-0.3, -0.25) is 4.79 Å². The molecule has 3 heterocycles. The summed E-state index contributed by atoms with van der Waals surface area (Å²) in [7, 11) is 1.76. The third-order valence-electron chi connectivity index (χ3n) is 3.65. The molecule has 2 aromatic heterocycles. The number of amides is 1. The lowest BCUT2D eigenvalue weighted by atomic mass is 10.3. The van der Waals surface area contributed by atoms with E-state index in [9.17, 15) is 4.79 Å². The molecule has 3 rings (SSSR count). The van der Waals surface area contributed by atoms with E-state index in [2.05, 4.69) is 30.6 Å². The van der Waals surface area contributed by atoms with E-state index in [1.807, 2.05) is 24.0 Å². The van der Waals surface area contributed by atoms with Crippen LogP contribution in [0, 0.1) is 6.92 Å². The summed E-state index contributed by atoms with van der Waals surface area (Å²) in [4.78, 5) is 16.3. The number of tetrazole rings is 1. The smallest absolute Gasteiger partial charge is 0.233 e. The highest BCUT2D eigenvalue weighted by atomic mass is 32.2. The van der Waals surface area contributed by atoms with Gasteiger partial charge in [0.05, 0.1) is 11.4 Å². The molecule has 0 aromatic carbocycles. The van der Waals surface area contributed by atoms with Crippen molar-refractivity contribution >= 4 is 23.5 Å². The number of aromatic nitrogens is 6. The van der Waals surface area contributed by atoms with Crippen molar-refractivity contribution in [1.29, 1.82) is 0 Å². The molecule has 0 bridgehead atoms. The number of aryl methyl sites for hydroxylation is 2. The van der Waals surface area contributed by atoms with Crippen LogP contribution in [0.25, 0.3) is 0 Å². The predicted molar refractivity (Wildman–Crippen MR) is 85.1 cm³/mol. The van der Waals surface area contributed by atoms with E-state index >= 15 is 0 Å². The number of carbonyl (C=O) groups excluding carboxylic acids is 1. The number of rotatable bonds is 4. The van der Waals surface area contributed by atoms with Crippen LogP contribution in [-0.2, 0) is 11.8 Å². The van der Waals surface area contributed by atoms with Crippen LogP contribution in [0.15, 0.2) is 17.3 Å². The van der Waals surface area contributed by atoms with Crippen LogP contribution in [0.3, 0.4) is 0 Å². The van der Waals surface area contributed by atoms with Crippen molar-refractivity contribution in [2.24, 2.45) is 7.05 Å². The summed E-state index contributed by atoms with van der Waals surface area (Å²) in [6, 6.07) is 3.92. The molecule has 0 atom stereocenters. The van der Waals surface area contributed by atoms with Crippen molar-refractivity contribution in [3.63, 3.8) is 0 Å². The van der Waals surface area contributed by atoms with Crippen LogP contribution in [0.4, 0.5) is 5.82 Å². The van der Waals surface area contributed by atoms with E-state index in [-0.39, 0.29) is 5.91 Å². The Labute approximate surface area is 138 Å². The molecule has 122 valence electrons. The Kier molecular flexibility index (Phi) is 4.70.